The third kappa shape index (κ3) is 4.74. The smallest absolute Gasteiger partial charge is 0.398 e. The number of alkyl halides is 3. The second-order valence-electron chi connectivity index (χ2n) is 3.39. The average Bonchev–Trinajstić information content (AvgIpc) is 2.15. The predicted octanol–water partition coefficient (Wildman–Crippen LogP) is 2.22. The molecule has 0 saturated heterocycles. The van der Waals surface area contributed by atoms with Crippen LogP contribution in [-0.4, -0.2) is 22.9 Å². The average molecular weight is 267 g/mol. The number of nitrogen functional groups attached to an aromatic ring is 1. The van der Waals surface area contributed by atoms with Crippen molar-refractivity contribution < 1.29 is 22.1 Å². The zero-order valence-corrected chi connectivity index (χ0v) is 9.90. The van der Waals surface area contributed by atoms with E-state index < -0.39 is 23.8 Å². The summed E-state index contributed by atoms with van der Waals surface area (Å²) < 4.78 is 50.3. The van der Waals surface area contributed by atoms with Gasteiger partial charge < -0.3 is 5.73 Å². The van der Waals surface area contributed by atoms with Gasteiger partial charge in [-0.3, -0.25) is 8.95 Å². The molecule has 0 aliphatic heterocycles. The highest BCUT2D eigenvalue weighted by molar-refractivity contribution is 7.85. The van der Waals surface area contributed by atoms with Crippen LogP contribution >= 0.6 is 0 Å². The van der Waals surface area contributed by atoms with Gasteiger partial charge in [0.25, 0.3) is 0 Å². The number of hydrogen-bond donors (Lipinski definition) is 1. The van der Waals surface area contributed by atoms with Crippen LogP contribution < -0.4 is 5.73 Å². The van der Waals surface area contributed by atoms with Crippen molar-refractivity contribution in [1.82, 2.24) is 0 Å². The summed E-state index contributed by atoms with van der Waals surface area (Å²) in [5.41, 5.74) is 6.84. The molecular weight excluding hydrogens is 255 g/mol. The first-order valence-electron chi connectivity index (χ1n) is 4.75. The molecule has 0 saturated carbocycles. The summed E-state index contributed by atoms with van der Waals surface area (Å²) in [6, 6.07) is 4.88. The Labute approximate surface area is 99.2 Å². The van der Waals surface area contributed by atoms with Gasteiger partial charge >= 0.3 is 6.36 Å². The number of ether oxygens (including phenoxy) is 1. The monoisotopic (exact) mass is 267 g/mol. The highest BCUT2D eigenvalue weighted by atomic mass is 32.2. The first-order chi connectivity index (χ1) is 7.79. The van der Waals surface area contributed by atoms with Crippen LogP contribution in [0.4, 0.5) is 18.9 Å². The highest BCUT2D eigenvalue weighted by Gasteiger charge is 2.29. The first-order valence-corrected chi connectivity index (χ1v) is 6.06. The van der Waals surface area contributed by atoms with Gasteiger partial charge in [0.15, 0.2) is 0 Å². The van der Waals surface area contributed by atoms with Crippen molar-refractivity contribution in [2.75, 3.05) is 18.1 Å². The van der Waals surface area contributed by atoms with Crippen molar-refractivity contribution in [3.8, 4) is 0 Å². The van der Waals surface area contributed by atoms with E-state index in [0.717, 1.165) is 5.56 Å². The lowest BCUT2D eigenvalue weighted by Gasteiger charge is -2.08. The van der Waals surface area contributed by atoms with Gasteiger partial charge in [-0.05, 0) is 24.6 Å². The maximum Gasteiger partial charge on any atom is 0.522 e. The van der Waals surface area contributed by atoms with Gasteiger partial charge in [-0.1, -0.05) is 6.07 Å². The van der Waals surface area contributed by atoms with Crippen LogP contribution in [0, 0.1) is 6.92 Å². The molecule has 3 nitrogen and oxygen atoms in total. The van der Waals surface area contributed by atoms with Gasteiger partial charge in [0, 0.05) is 5.69 Å². The minimum absolute atomic E-state index is 0.243. The van der Waals surface area contributed by atoms with Crippen molar-refractivity contribution in [3.05, 3.63) is 23.8 Å². The molecule has 0 spiro atoms. The molecule has 0 aliphatic carbocycles. The molecule has 0 radical (unpaired) electrons. The predicted molar refractivity (Wildman–Crippen MR) is 58.9 cm³/mol. The molecule has 1 unspecified atom stereocenters. The van der Waals surface area contributed by atoms with E-state index in [0.29, 0.717) is 10.6 Å². The molecule has 0 amide bonds. The first kappa shape index (κ1) is 14.0. The topological polar surface area (TPSA) is 52.3 Å². The highest BCUT2D eigenvalue weighted by Crippen LogP contribution is 2.19. The van der Waals surface area contributed by atoms with Crippen molar-refractivity contribution in [3.63, 3.8) is 0 Å². The van der Waals surface area contributed by atoms with E-state index in [2.05, 4.69) is 4.74 Å². The summed E-state index contributed by atoms with van der Waals surface area (Å²) >= 11 is 0. The van der Waals surface area contributed by atoms with E-state index in [1.54, 1.807) is 18.2 Å². The molecule has 2 N–H and O–H groups in total. The van der Waals surface area contributed by atoms with Gasteiger partial charge in [0.05, 0.1) is 28.1 Å². The van der Waals surface area contributed by atoms with Crippen molar-refractivity contribution >= 4 is 16.5 Å². The Morgan fingerprint density at radius 1 is 1.41 bits per heavy atom. The lowest BCUT2D eigenvalue weighted by Crippen LogP contribution is -2.18. The number of benzene rings is 1. The van der Waals surface area contributed by atoms with Crippen LogP contribution in [0.5, 0.6) is 0 Å². The van der Waals surface area contributed by atoms with E-state index in [1.165, 1.54) is 0 Å². The maximum atomic E-state index is 11.7. The largest absolute Gasteiger partial charge is 0.522 e. The normalized spacial score (nSPS) is 13.6. The second kappa shape index (κ2) is 5.50. The fourth-order valence-electron chi connectivity index (χ4n) is 1.22. The Morgan fingerprint density at radius 3 is 2.59 bits per heavy atom. The van der Waals surface area contributed by atoms with Gasteiger partial charge in [-0.15, -0.1) is 13.2 Å². The molecule has 1 aromatic carbocycles. The Morgan fingerprint density at radius 2 is 2.06 bits per heavy atom. The molecular formula is C10H12F3NO2S. The Balaban J connectivity index is 2.59. The van der Waals surface area contributed by atoms with E-state index in [4.69, 9.17) is 5.73 Å². The number of nitrogens with two attached hydrogens (primary N) is 1. The van der Waals surface area contributed by atoms with Crippen molar-refractivity contribution in [2.45, 2.75) is 18.2 Å². The summed E-state index contributed by atoms with van der Waals surface area (Å²) in [6.07, 6.45) is -4.69. The summed E-state index contributed by atoms with van der Waals surface area (Å²) in [4.78, 5) is 0.335. The zero-order valence-electron chi connectivity index (χ0n) is 9.08. The van der Waals surface area contributed by atoms with Crippen LogP contribution in [0.15, 0.2) is 23.1 Å². The quantitative estimate of drug-likeness (QED) is 0.851. The molecule has 0 heterocycles. The van der Waals surface area contributed by atoms with Gasteiger partial charge in [-0.2, -0.15) is 0 Å². The molecule has 1 aromatic rings. The molecule has 0 fully saturated rings. The summed E-state index contributed by atoms with van der Waals surface area (Å²) in [5, 5.41) is 0. The molecule has 17 heavy (non-hydrogen) atoms. The third-order valence-corrected chi connectivity index (χ3v) is 3.34. The second-order valence-corrected chi connectivity index (χ2v) is 4.92. The van der Waals surface area contributed by atoms with Crippen molar-refractivity contribution in [2.24, 2.45) is 0 Å². The van der Waals surface area contributed by atoms with Crippen molar-refractivity contribution in [1.29, 1.82) is 0 Å². The van der Waals surface area contributed by atoms with Gasteiger partial charge in [0.1, 0.15) is 0 Å². The Kier molecular flexibility index (Phi) is 4.53. The molecule has 0 aliphatic rings. The van der Waals surface area contributed by atoms with E-state index in [1.807, 2.05) is 6.92 Å². The van der Waals surface area contributed by atoms with Crippen LogP contribution in [0.3, 0.4) is 0 Å². The summed E-state index contributed by atoms with van der Waals surface area (Å²) in [5.74, 6) is -0.243. The molecule has 0 bridgehead atoms. The van der Waals surface area contributed by atoms with Crippen LogP contribution in [0.2, 0.25) is 0 Å². The third-order valence-electron chi connectivity index (χ3n) is 1.95. The van der Waals surface area contributed by atoms with Crippen LogP contribution in [0.25, 0.3) is 0 Å². The van der Waals surface area contributed by atoms with Crippen LogP contribution in [-0.2, 0) is 15.5 Å². The number of hydrogen-bond acceptors (Lipinski definition) is 3. The minimum Gasteiger partial charge on any atom is -0.398 e. The number of rotatable bonds is 4. The SMILES string of the molecule is Cc1ccc(S(=O)CCOC(F)(F)F)c(N)c1. The number of halogens is 3. The standard InChI is InChI=1S/C10H12F3NO2S/c1-7-2-3-9(8(14)6-7)17(15)5-4-16-10(11,12)13/h2-3,6H,4-5,14H2,1H3. The van der Waals surface area contributed by atoms with E-state index in [-0.39, 0.29) is 5.75 Å². The molecule has 1 atom stereocenters. The Bertz CT molecular complexity index is 421. The zero-order chi connectivity index (χ0) is 13.1. The summed E-state index contributed by atoms with van der Waals surface area (Å²) in [6.45, 7) is 1.17. The Hall–Kier alpha value is -1.08. The lowest BCUT2D eigenvalue weighted by molar-refractivity contribution is -0.322. The van der Waals surface area contributed by atoms with Gasteiger partial charge in [-0.25, -0.2) is 0 Å². The maximum absolute atomic E-state index is 11.7. The summed E-state index contributed by atoms with van der Waals surface area (Å²) in [7, 11) is -1.59. The molecule has 7 heteroatoms. The fourth-order valence-corrected chi connectivity index (χ4v) is 2.21. The molecule has 1 rings (SSSR count). The van der Waals surface area contributed by atoms with Crippen LogP contribution in [0.1, 0.15) is 5.56 Å². The van der Waals surface area contributed by atoms with E-state index in [9.17, 15) is 17.4 Å². The number of anilines is 1. The number of aryl methyl sites for hydroxylation is 1. The van der Waals surface area contributed by atoms with Gasteiger partial charge in [0.2, 0.25) is 0 Å². The van der Waals surface area contributed by atoms with E-state index >= 15 is 0 Å². The molecule has 0 aromatic heterocycles. The molecule has 96 valence electrons. The minimum atomic E-state index is -4.69. The fraction of sp³-hybridized carbons (Fsp3) is 0.400. The lowest BCUT2D eigenvalue weighted by atomic mass is 10.2.